The number of hydrogen-bond donors (Lipinski definition) is 0. The molecule has 0 saturated heterocycles. The van der Waals surface area contributed by atoms with Gasteiger partial charge in [-0.1, -0.05) is 0 Å². The Morgan fingerprint density at radius 1 is 0.769 bits per heavy atom. The molecule has 0 unspecified atom stereocenters. The van der Waals surface area contributed by atoms with Crippen LogP contribution in [0.3, 0.4) is 0 Å². The fourth-order valence-corrected chi connectivity index (χ4v) is 4.89. The van der Waals surface area contributed by atoms with Crippen molar-refractivity contribution in [2.45, 2.75) is 9.79 Å². The Labute approximate surface area is 149 Å². The van der Waals surface area contributed by atoms with Crippen LogP contribution in [0.1, 0.15) is 0 Å². The normalized spacial score (nSPS) is 12.1. The van der Waals surface area contributed by atoms with Crippen molar-refractivity contribution in [2.24, 2.45) is 0 Å². The first-order valence-electron chi connectivity index (χ1n) is 7.05. The molecule has 3 rings (SSSR count). The Morgan fingerprint density at radius 2 is 1.19 bits per heavy atom. The van der Waals surface area contributed by atoms with Gasteiger partial charge in [-0.15, -0.1) is 0 Å². The van der Waals surface area contributed by atoms with E-state index in [-0.39, 0.29) is 21.3 Å². The maximum Gasteiger partial charge on any atom is 0.272 e. The molecule has 0 fully saturated rings. The van der Waals surface area contributed by atoms with Gasteiger partial charge >= 0.3 is 0 Å². The highest BCUT2D eigenvalue weighted by molar-refractivity contribution is 7.90. The highest BCUT2D eigenvalue weighted by Gasteiger charge is 2.29. The van der Waals surface area contributed by atoms with Crippen molar-refractivity contribution in [3.8, 4) is 11.5 Å². The van der Waals surface area contributed by atoms with Crippen LogP contribution in [0, 0.1) is 0 Å². The third-order valence-electron chi connectivity index (χ3n) is 3.52. The standard InChI is InChI=1S/C14H14N4O6S2/c1-23-11-7-12(24-2)14(26(21,22)18-6-4-16-10-18)8-13(11)25(19,20)17-5-3-15-9-17/h3-10H,1-2H3. The molecular weight excluding hydrogens is 384 g/mol. The molecule has 0 atom stereocenters. The average Bonchev–Trinajstić information content (AvgIpc) is 3.33. The van der Waals surface area contributed by atoms with E-state index in [1.54, 1.807) is 0 Å². The van der Waals surface area contributed by atoms with Gasteiger partial charge in [0, 0.05) is 30.9 Å². The van der Waals surface area contributed by atoms with Crippen molar-refractivity contribution >= 4 is 20.0 Å². The van der Waals surface area contributed by atoms with Crippen molar-refractivity contribution in [1.82, 2.24) is 17.9 Å². The first-order valence-corrected chi connectivity index (χ1v) is 9.93. The van der Waals surface area contributed by atoms with Crippen LogP contribution in [0.4, 0.5) is 0 Å². The van der Waals surface area contributed by atoms with Crippen LogP contribution in [0.5, 0.6) is 11.5 Å². The van der Waals surface area contributed by atoms with E-state index >= 15 is 0 Å². The number of hydrogen-bond acceptors (Lipinski definition) is 8. The Kier molecular flexibility index (Phi) is 4.46. The fourth-order valence-electron chi connectivity index (χ4n) is 2.25. The second-order valence-electron chi connectivity index (χ2n) is 4.95. The first-order chi connectivity index (χ1) is 12.3. The second-order valence-corrected chi connectivity index (χ2v) is 8.57. The fraction of sp³-hybridized carbons (Fsp3) is 0.143. The molecule has 0 aliphatic heterocycles. The first kappa shape index (κ1) is 17.9. The monoisotopic (exact) mass is 398 g/mol. The van der Waals surface area contributed by atoms with Gasteiger partial charge in [0.25, 0.3) is 20.0 Å². The summed E-state index contributed by atoms with van der Waals surface area (Å²) in [4.78, 5) is 6.71. The molecule has 0 radical (unpaired) electrons. The van der Waals surface area contributed by atoms with Gasteiger partial charge in [0.2, 0.25) is 0 Å². The highest BCUT2D eigenvalue weighted by Crippen LogP contribution is 2.36. The summed E-state index contributed by atoms with van der Waals surface area (Å²) in [5.74, 6) is -0.139. The third kappa shape index (κ3) is 2.82. The zero-order chi connectivity index (χ0) is 18.9. The smallest absolute Gasteiger partial charge is 0.272 e. The molecule has 138 valence electrons. The maximum atomic E-state index is 12.8. The summed E-state index contributed by atoms with van der Waals surface area (Å²) >= 11 is 0. The van der Waals surface area contributed by atoms with Gasteiger partial charge in [0.1, 0.15) is 33.9 Å². The average molecular weight is 398 g/mol. The molecule has 0 amide bonds. The third-order valence-corrected chi connectivity index (χ3v) is 6.81. The van der Waals surface area contributed by atoms with Gasteiger partial charge in [-0.3, -0.25) is 0 Å². The molecule has 12 heteroatoms. The van der Waals surface area contributed by atoms with Crippen LogP contribution < -0.4 is 9.47 Å². The minimum Gasteiger partial charge on any atom is -0.495 e. The molecule has 0 spiro atoms. The van der Waals surface area contributed by atoms with Gasteiger partial charge in [-0.05, 0) is 6.07 Å². The number of ether oxygens (including phenoxy) is 2. The molecule has 0 aliphatic rings. The van der Waals surface area contributed by atoms with Crippen LogP contribution >= 0.6 is 0 Å². The van der Waals surface area contributed by atoms with Crippen molar-refractivity contribution in [2.75, 3.05) is 14.2 Å². The molecule has 0 bridgehead atoms. The summed E-state index contributed by atoms with van der Waals surface area (Å²) in [5.41, 5.74) is 0. The van der Waals surface area contributed by atoms with E-state index in [0.717, 1.165) is 26.7 Å². The lowest BCUT2D eigenvalue weighted by molar-refractivity contribution is 0.378. The summed E-state index contributed by atoms with van der Waals surface area (Å²) in [6.07, 6.45) is 7.20. The molecule has 2 aromatic heterocycles. The summed E-state index contributed by atoms with van der Waals surface area (Å²) in [7, 11) is -5.72. The zero-order valence-corrected chi connectivity index (χ0v) is 15.3. The lowest BCUT2D eigenvalue weighted by Gasteiger charge is -2.15. The number of methoxy groups -OCH3 is 2. The topological polar surface area (TPSA) is 122 Å². The summed E-state index contributed by atoms with van der Waals surface area (Å²) < 4.78 is 63.3. The van der Waals surface area contributed by atoms with Crippen LogP contribution in [-0.4, -0.2) is 49.0 Å². The van der Waals surface area contributed by atoms with Crippen molar-refractivity contribution in [3.63, 3.8) is 0 Å². The molecule has 0 aliphatic carbocycles. The Bertz CT molecular complexity index is 1030. The molecule has 0 N–H and O–H groups in total. The Hall–Kier alpha value is -2.86. The number of rotatable bonds is 6. The van der Waals surface area contributed by atoms with Crippen molar-refractivity contribution in [1.29, 1.82) is 0 Å². The molecule has 2 heterocycles. The van der Waals surface area contributed by atoms with Gasteiger partial charge in [-0.25, -0.2) is 34.7 Å². The molecule has 26 heavy (non-hydrogen) atoms. The van der Waals surface area contributed by atoms with Gasteiger partial charge in [-0.2, -0.15) is 0 Å². The summed E-state index contributed by atoms with van der Waals surface area (Å²) in [6.45, 7) is 0. The molecule has 3 aromatic rings. The lowest BCUT2D eigenvalue weighted by atomic mass is 10.3. The highest BCUT2D eigenvalue weighted by atomic mass is 32.2. The van der Waals surface area contributed by atoms with Crippen molar-refractivity contribution < 1.29 is 26.3 Å². The zero-order valence-electron chi connectivity index (χ0n) is 13.7. The minimum absolute atomic E-state index is 0.0693. The molecule has 1 aromatic carbocycles. The van der Waals surface area contributed by atoms with E-state index in [4.69, 9.17) is 9.47 Å². The predicted molar refractivity (Wildman–Crippen MR) is 89.2 cm³/mol. The van der Waals surface area contributed by atoms with Crippen LogP contribution in [-0.2, 0) is 20.0 Å². The number of benzene rings is 1. The van der Waals surface area contributed by atoms with E-state index in [2.05, 4.69) is 9.97 Å². The van der Waals surface area contributed by atoms with Crippen molar-refractivity contribution in [3.05, 3.63) is 49.6 Å². The largest absolute Gasteiger partial charge is 0.495 e. The van der Waals surface area contributed by atoms with Gasteiger partial charge in [0.15, 0.2) is 0 Å². The van der Waals surface area contributed by atoms with Crippen LogP contribution in [0.15, 0.2) is 59.4 Å². The van der Waals surface area contributed by atoms with E-state index in [9.17, 15) is 16.8 Å². The van der Waals surface area contributed by atoms with Gasteiger partial charge in [0.05, 0.1) is 14.2 Å². The summed E-state index contributed by atoms with van der Waals surface area (Å²) in [6, 6.07) is 2.19. The second kappa shape index (κ2) is 6.46. The van der Waals surface area contributed by atoms with Gasteiger partial charge < -0.3 is 9.47 Å². The Morgan fingerprint density at radius 3 is 1.50 bits per heavy atom. The van der Waals surface area contributed by atoms with E-state index in [1.165, 1.54) is 45.1 Å². The molecule has 0 saturated carbocycles. The lowest BCUT2D eigenvalue weighted by Crippen LogP contribution is -2.16. The number of aromatic nitrogens is 4. The molecular formula is C14H14N4O6S2. The van der Waals surface area contributed by atoms with Crippen LogP contribution in [0.2, 0.25) is 0 Å². The van der Waals surface area contributed by atoms with E-state index in [0.29, 0.717) is 0 Å². The number of imidazole rings is 2. The summed E-state index contributed by atoms with van der Waals surface area (Å²) in [5, 5.41) is 0. The molecule has 10 nitrogen and oxygen atoms in total. The van der Waals surface area contributed by atoms with E-state index < -0.39 is 20.0 Å². The maximum absolute atomic E-state index is 12.8. The number of nitrogens with zero attached hydrogens (tertiary/aromatic N) is 4. The predicted octanol–water partition coefficient (Wildman–Crippen LogP) is 0.571. The minimum atomic E-state index is -4.13. The SMILES string of the molecule is COc1cc(OC)c(S(=O)(=O)n2ccnc2)cc1S(=O)(=O)n1ccnc1. The van der Waals surface area contributed by atoms with Crippen LogP contribution in [0.25, 0.3) is 0 Å². The quantitative estimate of drug-likeness (QED) is 0.591. The Balaban J connectivity index is 2.31. The van der Waals surface area contributed by atoms with E-state index in [1.807, 2.05) is 0 Å².